The molecule has 464 valence electrons. The van der Waals surface area contributed by atoms with Gasteiger partial charge in [-0.05, 0) is 88.4 Å². The van der Waals surface area contributed by atoms with E-state index in [0.29, 0.717) is 12.8 Å². The van der Waals surface area contributed by atoms with Gasteiger partial charge in [-0.15, -0.1) is 0 Å². The fourth-order valence-electron chi connectivity index (χ4n) is 9.45. The number of carbonyl (C=O) groups excluding carboxylic acids is 11. The van der Waals surface area contributed by atoms with Crippen LogP contribution in [0, 0.1) is 35.5 Å². The maximum Gasteiger partial charge on any atom is 0.325 e. The third kappa shape index (κ3) is 22.6. The minimum absolute atomic E-state index is 0.00428. The van der Waals surface area contributed by atoms with E-state index in [1.54, 1.807) is 54.5 Å². The summed E-state index contributed by atoms with van der Waals surface area (Å²) >= 11 is 0. The van der Waals surface area contributed by atoms with Crippen LogP contribution in [-0.4, -0.2) is 211 Å². The van der Waals surface area contributed by atoms with E-state index in [1.807, 2.05) is 47.6 Å². The number of nitrogens with two attached hydrogens (primary N) is 1. The lowest BCUT2D eigenvalue weighted by atomic mass is 9.91. The maximum atomic E-state index is 15.2. The van der Waals surface area contributed by atoms with E-state index in [0.717, 1.165) is 9.80 Å². The largest absolute Gasteiger partial charge is 0.468 e. The molecular formula is C58H104N10O13. The van der Waals surface area contributed by atoms with Gasteiger partial charge in [0.2, 0.25) is 53.2 Å². The lowest BCUT2D eigenvalue weighted by Gasteiger charge is -2.42. The van der Waals surface area contributed by atoms with E-state index in [1.165, 1.54) is 89.8 Å². The first-order valence-corrected chi connectivity index (χ1v) is 28.5. The molecule has 9 amide bonds. The third-order valence-corrected chi connectivity index (χ3v) is 14.5. The molecule has 23 nitrogen and oxygen atoms in total. The Morgan fingerprint density at radius 3 is 1.40 bits per heavy atom. The van der Waals surface area contributed by atoms with Crippen molar-refractivity contribution in [3.05, 3.63) is 12.2 Å². The molecular weight excluding hydrogens is 1040 g/mol. The van der Waals surface area contributed by atoms with E-state index in [-0.39, 0.29) is 42.9 Å². The molecule has 0 radical (unpaired) electrons. The standard InChI is InChI=1S/C58H104N10O13/c1-24-26-27-37(13)49(81-40(16)69)48(52(73)62-41(25-2)54(75)63(17)31-45(70)80-23)68(22)58(79)47(36(11)12)67(21)56(77)44(30-34(7)8)66(20)55(76)43(29-33(5)6)65(19)53(74)39(15)61-50(71)38(14)60-51(72)42(28-32(3)4)64(18)57(78)46(59)35(9)10/h24,26,32-39,41-44,46-49H,25,27-31,59H2,1-23H3,(H,60,72)(H,61,71)(H,62,73)/t37-,38+,39-,41+,42+,43+,44+,46+,47+,48+,49-/m1/s1. The van der Waals surface area contributed by atoms with Gasteiger partial charge in [0.1, 0.15) is 61.0 Å². The van der Waals surface area contributed by atoms with Gasteiger partial charge in [0.05, 0.1) is 13.2 Å². The van der Waals surface area contributed by atoms with Crippen molar-refractivity contribution >= 4 is 65.1 Å². The molecule has 0 rings (SSSR count). The Bertz CT molecular complexity index is 2170. The number of allylic oxidation sites excluding steroid dienone is 2. The highest BCUT2D eigenvalue weighted by molar-refractivity contribution is 5.98. The van der Waals surface area contributed by atoms with Gasteiger partial charge >= 0.3 is 11.9 Å². The zero-order valence-electron chi connectivity index (χ0n) is 53.2. The summed E-state index contributed by atoms with van der Waals surface area (Å²) in [5.41, 5.74) is 6.14. The molecule has 23 heteroatoms. The van der Waals surface area contributed by atoms with Gasteiger partial charge in [0, 0.05) is 49.2 Å². The van der Waals surface area contributed by atoms with Crippen LogP contribution in [0.25, 0.3) is 0 Å². The highest BCUT2D eigenvalue weighted by Crippen LogP contribution is 2.26. The second-order valence-corrected chi connectivity index (χ2v) is 23.6. The van der Waals surface area contributed by atoms with Crippen molar-refractivity contribution in [1.29, 1.82) is 0 Å². The van der Waals surface area contributed by atoms with Gasteiger partial charge < -0.3 is 60.6 Å². The second-order valence-electron chi connectivity index (χ2n) is 23.6. The Morgan fingerprint density at radius 2 is 0.963 bits per heavy atom. The first kappa shape index (κ1) is 74.9. The number of amides is 9. The zero-order valence-corrected chi connectivity index (χ0v) is 53.2. The molecule has 0 bridgehead atoms. The van der Waals surface area contributed by atoms with Crippen LogP contribution in [0.4, 0.5) is 0 Å². The van der Waals surface area contributed by atoms with E-state index < -0.39 is 144 Å². The van der Waals surface area contributed by atoms with Gasteiger partial charge in [0.15, 0.2) is 0 Å². The van der Waals surface area contributed by atoms with E-state index in [4.69, 9.17) is 15.2 Å². The Labute approximate surface area is 483 Å². The highest BCUT2D eigenvalue weighted by atomic mass is 16.5. The quantitative estimate of drug-likeness (QED) is 0.0543. The van der Waals surface area contributed by atoms with Crippen LogP contribution in [0.3, 0.4) is 0 Å². The number of rotatable bonds is 33. The van der Waals surface area contributed by atoms with Gasteiger partial charge in [-0.2, -0.15) is 0 Å². The van der Waals surface area contributed by atoms with Crippen molar-refractivity contribution < 1.29 is 62.2 Å². The summed E-state index contributed by atoms with van der Waals surface area (Å²) in [6, 6.07) is -10.4. The molecule has 0 aliphatic carbocycles. The van der Waals surface area contributed by atoms with Crippen LogP contribution in [0.1, 0.15) is 143 Å². The first-order chi connectivity index (χ1) is 37.4. The Hall–Kier alpha value is -6.13. The summed E-state index contributed by atoms with van der Waals surface area (Å²) in [7, 11) is 9.73. The lowest BCUT2D eigenvalue weighted by molar-refractivity contribution is -0.164. The van der Waals surface area contributed by atoms with Crippen LogP contribution in [0.15, 0.2) is 12.2 Å². The van der Waals surface area contributed by atoms with Crippen molar-refractivity contribution in [2.75, 3.05) is 55.9 Å². The number of hydrogen-bond acceptors (Lipinski definition) is 14. The Kier molecular flexibility index (Phi) is 32.3. The van der Waals surface area contributed by atoms with Crippen molar-refractivity contribution in [3.63, 3.8) is 0 Å². The molecule has 5 N–H and O–H groups in total. The van der Waals surface area contributed by atoms with Crippen LogP contribution in [0.5, 0.6) is 0 Å². The topological polar surface area (TPSA) is 288 Å². The average molecular weight is 1150 g/mol. The molecule has 0 saturated heterocycles. The second kappa shape index (κ2) is 35.0. The number of methoxy groups -OCH3 is 1. The summed E-state index contributed by atoms with van der Waals surface area (Å²) in [5.74, 6) is -8.77. The van der Waals surface area contributed by atoms with Crippen molar-refractivity contribution in [2.45, 2.75) is 203 Å². The van der Waals surface area contributed by atoms with Gasteiger partial charge in [-0.3, -0.25) is 52.7 Å². The fraction of sp³-hybridized carbons (Fsp3) is 0.776. The minimum Gasteiger partial charge on any atom is -0.468 e. The molecule has 0 aromatic heterocycles. The SMILES string of the molecule is CC=CC[C@@H](C)[C@@H](OC(C)=O)[C@@H](C(=O)N[C@@H](CC)C(=O)N(C)CC(=O)OC)N(C)C(=O)[C@H](C(C)C)N(C)C(=O)[C@H](CC(C)C)N(C)C(=O)[C@H](CC(C)C)N(C)C(=O)[C@@H](C)NC(=O)[C@H](C)NC(=O)[C@H](CC(C)C)N(C)C(=O)[C@@H](N)C(C)C. The highest BCUT2D eigenvalue weighted by Gasteiger charge is 2.46. The molecule has 0 aliphatic heterocycles. The van der Waals surface area contributed by atoms with Crippen molar-refractivity contribution in [3.8, 4) is 0 Å². The van der Waals surface area contributed by atoms with E-state index in [2.05, 4.69) is 16.0 Å². The molecule has 0 aliphatic rings. The molecule has 0 aromatic rings. The number of carbonyl (C=O) groups is 11. The molecule has 0 unspecified atom stereocenters. The van der Waals surface area contributed by atoms with Gasteiger partial charge in [-0.25, -0.2) is 0 Å². The molecule has 0 heterocycles. The summed E-state index contributed by atoms with van der Waals surface area (Å²) in [6.07, 6.45) is 3.33. The van der Waals surface area contributed by atoms with Crippen LogP contribution in [-0.2, 0) is 62.2 Å². The van der Waals surface area contributed by atoms with Gasteiger partial charge in [-0.1, -0.05) is 95.2 Å². The first-order valence-electron chi connectivity index (χ1n) is 28.5. The molecule has 0 spiro atoms. The fourth-order valence-corrected chi connectivity index (χ4v) is 9.45. The number of nitrogens with one attached hydrogen (secondary N) is 3. The molecule has 0 aromatic carbocycles. The van der Waals surface area contributed by atoms with Crippen LogP contribution in [0.2, 0.25) is 0 Å². The molecule has 0 fully saturated rings. The lowest BCUT2D eigenvalue weighted by Crippen LogP contribution is -2.64. The molecule has 81 heavy (non-hydrogen) atoms. The smallest absolute Gasteiger partial charge is 0.325 e. The summed E-state index contributed by atoms with van der Waals surface area (Å²) < 4.78 is 10.6. The van der Waals surface area contributed by atoms with E-state index in [9.17, 15) is 43.2 Å². The average Bonchev–Trinajstić information content (AvgIpc) is 3.38. The van der Waals surface area contributed by atoms with Crippen molar-refractivity contribution in [2.24, 2.45) is 41.2 Å². The van der Waals surface area contributed by atoms with E-state index >= 15 is 9.59 Å². The predicted molar refractivity (Wildman–Crippen MR) is 310 cm³/mol. The summed E-state index contributed by atoms with van der Waals surface area (Å²) in [5, 5.41) is 8.06. The van der Waals surface area contributed by atoms with Crippen molar-refractivity contribution in [1.82, 2.24) is 45.3 Å². The normalized spacial score (nSPS) is 15.7. The number of esters is 2. The zero-order chi connectivity index (χ0) is 63.2. The number of ether oxygens (including phenoxy) is 2. The number of likely N-dealkylation sites (N-methyl/N-ethyl adjacent to an activating group) is 6. The summed E-state index contributed by atoms with van der Waals surface area (Å²) in [6.45, 7) is 27.2. The molecule has 0 saturated carbocycles. The number of nitrogens with zero attached hydrogens (tertiary/aromatic N) is 6. The molecule has 11 atom stereocenters. The monoisotopic (exact) mass is 1150 g/mol. The summed E-state index contributed by atoms with van der Waals surface area (Å²) in [4.78, 5) is 160. The minimum atomic E-state index is -1.55. The Balaban J connectivity index is 7.20. The Morgan fingerprint density at radius 1 is 0.519 bits per heavy atom. The van der Waals surface area contributed by atoms with Crippen LogP contribution < -0.4 is 21.7 Å². The third-order valence-electron chi connectivity index (χ3n) is 14.5. The number of hydrogen-bond donors (Lipinski definition) is 4. The maximum absolute atomic E-state index is 15.2. The van der Waals surface area contributed by atoms with Crippen LogP contribution >= 0.6 is 0 Å². The predicted octanol–water partition coefficient (Wildman–Crippen LogP) is 2.97. The van der Waals surface area contributed by atoms with Gasteiger partial charge in [0.25, 0.3) is 0 Å².